The van der Waals surface area contributed by atoms with Crippen molar-refractivity contribution in [2.45, 2.75) is 26.2 Å². The van der Waals surface area contributed by atoms with Crippen molar-refractivity contribution < 1.29 is 0 Å². The third-order valence-corrected chi connectivity index (χ3v) is 3.98. The number of rotatable bonds is 0. The Morgan fingerprint density at radius 1 is 1.11 bits per heavy atom. The highest BCUT2D eigenvalue weighted by Crippen LogP contribution is 2.68. The van der Waals surface area contributed by atoms with Gasteiger partial charge in [0.2, 0.25) is 0 Å². The summed E-state index contributed by atoms with van der Waals surface area (Å²) in [6.45, 7) is 2.45. The zero-order valence-electron chi connectivity index (χ0n) is 6.01. The van der Waals surface area contributed by atoms with E-state index < -0.39 is 0 Å². The first-order chi connectivity index (χ1) is 4.38. The molecule has 0 aromatic heterocycles. The van der Waals surface area contributed by atoms with Gasteiger partial charge in [-0.25, -0.2) is 0 Å². The Morgan fingerprint density at radius 2 is 2.00 bits per heavy atom. The smallest absolute Gasteiger partial charge is 0.0323 e. The van der Waals surface area contributed by atoms with E-state index >= 15 is 0 Å². The Kier molecular flexibility index (Phi) is 0.640. The zero-order chi connectivity index (χ0) is 6.01. The molecule has 50 valence electrons. The quantitative estimate of drug-likeness (QED) is 0.462. The van der Waals surface area contributed by atoms with Gasteiger partial charge in [0.05, 0.1) is 0 Å². The Hall–Kier alpha value is 0. The summed E-state index contributed by atoms with van der Waals surface area (Å²) in [4.78, 5) is 0. The second-order valence-corrected chi connectivity index (χ2v) is 4.34. The largest absolute Gasteiger partial charge is 0.0619 e. The third-order valence-electron chi connectivity index (χ3n) is 3.98. The lowest BCUT2D eigenvalue weighted by Gasteiger charge is -2.04. The van der Waals surface area contributed by atoms with E-state index in [-0.39, 0.29) is 0 Å². The van der Waals surface area contributed by atoms with E-state index in [0.717, 1.165) is 5.92 Å². The Bertz CT molecular complexity index is 148. The van der Waals surface area contributed by atoms with Gasteiger partial charge in [0, 0.05) is 0 Å². The predicted octanol–water partition coefficient (Wildman–Crippen LogP) is 2.30. The van der Waals surface area contributed by atoms with Crippen LogP contribution in [0, 0.1) is 29.6 Å². The van der Waals surface area contributed by atoms with Crippen LogP contribution in [0.4, 0.5) is 0 Å². The lowest BCUT2D eigenvalue weighted by Crippen LogP contribution is -1.96. The molecule has 9 heavy (non-hydrogen) atoms. The Morgan fingerprint density at radius 3 is 2.78 bits per heavy atom. The van der Waals surface area contributed by atoms with Crippen LogP contribution in [-0.4, -0.2) is 0 Å². The van der Waals surface area contributed by atoms with E-state index in [0.29, 0.717) is 0 Å². The van der Waals surface area contributed by atoms with E-state index in [9.17, 15) is 0 Å². The van der Waals surface area contributed by atoms with Crippen LogP contribution < -0.4 is 0 Å². The van der Waals surface area contributed by atoms with Crippen LogP contribution >= 0.6 is 0 Å². The average molecular weight is 122 g/mol. The highest BCUT2D eigenvalue weighted by atomic mass is 14.7. The molecule has 0 saturated heterocycles. The SMILES string of the molecule is CC1C2CCC3CC3C12. The highest BCUT2D eigenvalue weighted by Gasteiger charge is 2.61. The summed E-state index contributed by atoms with van der Waals surface area (Å²) in [6, 6.07) is 0. The maximum atomic E-state index is 2.45. The third kappa shape index (κ3) is 0.461. The molecule has 0 N–H and O–H groups in total. The van der Waals surface area contributed by atoms with Crippen molar-refractivity contribution in [1.29, 1.82) is 0 Å². The first-order valence-corrected chi connectivity index (χ1v) is 4.38. The molecule has 5 atom stereocenters. The molecule has 0 aromatic carbocycles. The molecular weight excluding hydrogens is 108 g/mol. The normalized spacial score (nSPS) is 68.3. The van der Waals surface area contributed by atoms with Crippen LogP contribution in [0.3, 0.4) is 0 Å². The Balaban J connectivity index is 1.86. The van der Waals surface area contributed by atoms with Crippen LogP contribution in [-0.2, 0) is 0 Å². The lowest BCUT2D eigenvalue weighted by molar-refractivity contribution is 0.456. The van der Waals surface area contributed by atoms with Crippen molar-refractivity contribution in [3.8, 4) is 0 Å². The van der Waals surface area contributed by atoms with Gasteiger partial charge in [0.1, 0.15) is 0 Å². The van der Waals surface area contributed by atoms with E-state index in [1.165, 1.54) is 23.7 Å². The van der Waals surface area contributed by atoms with Gasteiger partial charge in [-0.1, -0.05) is 6.92 Å². The summed E-state index contributed by atoms with van der Waals surface area (Å²) in [5.74, 6) is 5.95. The van der Waals surface area contributed by atoms with Gasteiger partial charge in [-0.15, -0.1) is 0 Å². The molecule has 3 fully saturated rings. The van der Waals surface area contributed by atoms with Crippen molar-refractivity contribution in [2.24, 2.45) is 29.6 Å². The van der Waals surface area contributed by atoms with Crippen molar-refractivity contribution in [3.05, 3.63) is 0 Å². The number of hydrogen-bond donors (Lipinski definition) is 0. The molecule has 3 rings (SSSR count). The topological polar surface area (TPSA) is 0 Å². The molecule has 0 bridgehead atoms. The van der Waals surface area contributed by atoms with E-state index in [2.05, 4.69) is 6.92 Å². The summed E-state index contributed by atoms with van der Waals surface area (Å²) in [5.41, 5.74) is 0. The molecule has 3 aliphatic carbocycles. The minimum atomic E-state index is 1.13. The van der Waals surface area contributed by atoms with Gasteiger partial charge in [-0.2, -0.15) is 0 Å². The summed E-state index contributed by atoms with van der Waals surface area (Å²) >= 11 is 0. The molecule has 0 heterocycles. The van der Waals surface area contributed by atoms with Crippen molar-refractivity contribution >= 4 is 0 Å². The molecule has 5 unspecified atom stereocenters. The number of hydrogen-bond acceptors (Lipinski definition) is 0. The summed E-state index contributed by atoms with van der Waals surface area (Å²) in [7, 11) is 0. The standard InChI is InChI=1S/C9H14/c1-5-7-3-2-6-4-8(6)9(5)7/h5-9H,2-4H2,1H3. The molecule has 0 aliphatic heterocycles. The number of fused-ring (bicyclic) bond motifs is 3. The van der Waals surface area contributed by atoms with Gasteiger partial charge < -0.3 is 0 Å². The molecule has 0 radical (unpaired) electrons. The van der Waals surface area contributed by atoms with Crippen LogP contribution in [0.2, 0.25) is 0 Å². The van der Waals surface area contributed by atoms with Gasteiger partial charge in [0.15, 0.2) is 0 Å². The van der Waals surface area contributed by atoms with Gasteiger partial charge in [-0.05, 0) is 48.9 Å². The second kappa shape index (κ2) is 1.21. The van der Waals surface area contributed by atoms with Gasteiger partial charge in [0.25, 0.3) is 0 Å². The average Bonchev–Trinajstić information content (AvgIpc) is 2.64. The monoisotopic (exact) mass is 122 g/mol. The highest BCUT2D eigenvalue weighted by molar-refractivity contribution is 5.09. The van der Waals surface area contributed by atoms with Crippen LogP contribution in [0.1, 0.15) is 26.2 Å². The van der Waals surface area contributed by atoms with E-state index in [1.807, 2.05) is 0 Å². The first-order valence-electron chi connectivity index (χ1n) is 4.38. The molecule has 3 saturated carbocycles. The van der Waals surface area contributed by atoms with E-state index in [1.54, 1.807) is 19.3 Å². The van der Waals surface area contributed by atoms with E-state index in [4.69, 9.17) is 0 Å². The predicted molar refractivity (Wildman–Crippen MR) is 37.0 cm³/mol. The molecule has 0 nitrogen and oxygen atoms in total. The summed E-state index contributed by atoms with van der Waals surface area (Å²) < 4.78 is 0. The van der Waals surface area contributed by atoms with Crippen LogP contribution in [0.15, 0.2) is 0 Å². The maximum absolute atomic E-state index is 2.45. The van der Waals surface area contributed by atoms with Gasteiger partial charge in [-0.3, -0.25) is 0 Å². The molecule has 0 spiro atoms. The van der Waals surface area contributed by atoms with Crippen molar-refractivity contribution in [3.63, 3.8) is 0 Å². The minimum absolute atomic E-state index is 1.13. The molecular formula is C9H14. The van der Waals surface area contributed by atoms with Crippen molar-refractivity contribution in [2.75, 3.05) is 0 Å². The minimum Gasteiger partial charge on any atom is -0.0619 e. The molecule has 0 aromatic rings. The van der Waals surface area contributed by atoms with Crippen LogP contribution in [0.5, 0.6) is 0 Å². The van der Waals surface area contributed by atoms with Gasteiger partial charge >= 0.3 is 0 Å². The fraction of sp³-hybridized carbons (Fsp3) is 1.00. The molecule has 3 aliphatic rings. The molecule has 0 heteroatoms. The summed E-state index contributed by atoms with van der Waals surface area (Å²) in [6.07, 6.45) is 4.76. The second-order valence-electron chi connectivity index (χ2n) is 4.34. The summed E-state index contributed by atoms with van der Waals surface area (Å²) in [5, 5.41) is 0. The van der Waals surface area contributed by atoms with Crippen LogP contribution in [0.25, 0.3) is 0 Å². The lowest BCUT2D eigenvalue weighted by atomic mass is 10.0. The fourth-order valence-electron chi connectivity index (χ4n) is 3.22. The Labute approximate surface area is 56.6 Å². The fourth-order valence-corrected chi connectivity index (χ4v) is 3.22. The maximum Gasteiger partial charge on any atom is -0.0323 e. The molecule has 0 amide bonds. The first kappa shape index (κ1) is 4.76. The zero-order valence-corrected chi connectivity index (χ0v) is 6.01. The van der Waals surface area contributed by atoms with Crippen molar-refractivity contribution in [1.82, 2.24) is 0 Å².